The molecule has 9 heteroatoms. The fourth-order valence-electron chi connectivity index (χ4n) is 2.81. The largest absolute Gasteiger partial charge is 0.376 e. The van der Waals surface area contributed by atoms with Gasteiger partial charge < -0.3 is 10.2 Å². The summed E-state index contributed by atoms with van der Waals surface area (Å²) in [6, 6.07) is 12.4. The van der Waals surface area contributed by atoms with Crippen molar-refractivity contribution in [1.82, 2.24) is 9.21 Å². The summed E-state index contributed by atoms with van der Waals surface area (Å²) in [5.74, 6) is -0.684. The molecule has 2 aromatic rings. The maximum Gasteiger partial charge on any atom is 0.243 e. The minimum absolute atomic E-state index is 0.0211. The van der Waals surface area contributed by atoms with Crippen molar-refractivity contribution in [2.75, 3.05) is 38.0 Å². The van der Waals surface area contributed by atoms with E-state index in [0.29, 0.717) is 18.8 Å². The zero-order valence-corrected chi connectivity index (χ0v) is 16.0. The van der Waals surface area contributed by atoms with E-state index in [1.54, 1.807) is 35.2 Å². The van der Waals surface area contributed by atoms with Crippen LogP contribution in [-0.4, -0.2) is 56.3 Å². The molecule has 1 amide bonds. The Balaban J connectivity index is 1.54. The number of rotatable bonds is 5. The van der Waals surface area contributed by atoms with Crippen LogP contribution in [0.4, 0.5) is 10.1 Å². The lowest BCUT2D eigenvalue weighted by atomic mass is 10.3. The lowest BCUT2D eigenvalue weighted by Gasteiger charge is -2.34. The first-order valence-corrected chi connectivity index (χ1v) is 10.2. The Morgan fingerprint density at radius 1 is 1.07 bits per heavy atom. The van der Waals surface area contributed by atoms with E-state index in [-0.39, 0.29) is 35.5 Å². The standard InChI is InChI=1S/C18H19ClFN3O3S/c19-16-12-14(6-7-17(16)20)21-13-18(24)22-8-10-23(11-9-22)27(25,26)15-4-2-1-3-5-15/h1-7,12,21H,8-11,13H2. The van der Waals surface area contributed by atoms with E-state index in [4.69, 9.17) is 11.6 Å². The second kappa shape index (κ2) is 8.24. The van der Waals surface area contributed by atoms with Crippen molar-refractivity contribution < 1.29 is 17.6 Å². The van der Waals surface area contributed by atoms with E-state index in [2.05, 4.69) is 5.32 Å². The molecule has 0 radical (unpaired) electrons. The molecule has 1 fully saturated rings. The van der Waals surface area contributed by atoms with Gasteiger partial charge in [0.1, 0.15) is 5.82 Å². The van der Waals surface area contributed by atoms with E-state index in [0.717, 1.165) is 0 Å². The van der Waals surface area contributed by atoms with Crippen molar-refractivity contribution in [2.45, 2.75) is 4.90 Å². The van der Waals surface area contributed by atoms with Crippen LogP contribution >= 0.6 is 11.6 Å². The summed E-state index contributed by atoms with van der Waals surface area (Å²) in [4.78, 5) is 14.2. The van der Waals surface area contributed by atoms with Gasteiger partial charge in [0, 0.05) is 31.9 Å². The summed E-state index contributed by atoms with van der Waals surface area (Å²) >= 11 is 5.71. The van der Waals surface area contributed by atoms with Crippen LogP contribution in [0.2, 0.25) is 5.02 Å². The second-order valence-corrected chi connectivity index (χ2v) is 8.43. The highest BCUT2D eigenvalue weighted by Crippen LogP contribution is 2.20. The first kappa shape index (κ1) is 19.6. The highest BCUT2D eigenvalue weighted by molar-refractivity contribution is 7.89. The molecule has 1 aliphatic rings. The Morgan fingerprint density at radius 3 is 2.37 bits per heavy atom. The molecule has 0 aromatic heterocycles. The fourth-order valence-corrected chi connectivity index (χ4v) is 4.44. The van der Waals surface area contributed by atoms with Gasteiger partial charge in [-0.2, -0.15) is 4.31 Å². The smallest absolute Gasteiger partial charge is 0.243 e. The average molecular weight is 412 g/mol. The number of nitrogens with one attached hydrogen (secondary N) is 1. The highest BCUT2D eigenvalue weighted by Gasteiger charge is 2.29. The number of carbonyl (C=O) groups is 1. The van der Waals surface area contributed by atoms with Crippen LogP contribution in [0.15, 0.2) is 53.4 Å². The Labute approximate surface area is 162 Å². The Hall–Kier alpha value is -2.16. The molecule has 6 nitrogen and oxygen atoms in total. The number of sulfonamides is 1. The van der Waals surface area contributed by atoms with Gasteiger partial charge in [-0.3, -0.25) is 4.79 Å². The van der Waals surface area contributed by atoms with E-state index in [9.17, 15) is 17.6 Å². The summed E-state index contributed by atoms with van der Waals surface area (Å²) in [7, 11) is -3.55. The van der Waals surface area contributed by atoms with E-state index < -0.39 is 15.8 Å². The number of halogens is 2. The molecule has 1 saturated heterocycles. The summed E-state index contributed by atoms with van der Waals surface area (Å²) < 4.78 is 39.7. The highest BCUT2D eigenvalue weighted by atomic mass is 35.5. The molecule has 0 atom stereocenters. The van der Waals surface area contributed by atoms with Crippen molar-refractivity contribution in [2.24, 2.45) is 0 Å². The third-order valence-corrected chi connectivity index (χ3v) is 6.54. The van der Waals surface area contributed by atoms with Crippen molar-refractivity contribution in [3.8, 4) is 0 Å². The van der Waals surface area contributed by atoms with E-state index >= 15 is 0 Å². The number of piperazine rings is 1. The van der Waals surface area contributed by atoms with Gasteiger partial charge >= 0.3 is 0 Å². The van der Waals surface area contributed by atoms with Crippen molar-refractivity contribution in [3.05, 3.63) is 59.4 Å². The molecule has 0 spiro atoms. The molecule has 1 N–H and O–H groups in total. The van der Waals surface area contributed by atoms with Crippen LogP contribution in [0.5, 0.6) is 0 Å². The first-order valence-electron chi connectivity index (χ1n) is 8.40. The summed E-state index contributed by atoms with van der Waals surface area (Å²) in [5, 5.41) is 2.88. The van der Waals surface area contributed by atoms with Gasteiger partial charge in [0.15, 0.2) is 0 Å². The third kappa shape index (κ3) is 4.58. The molecule has 0 unspecified atom stereocenters. The molecule has 2 aromatic carbocycles. The topological polar surface area (TPSA) is 69.7 Å². The van der Waals surface area contributed by atoms with Crippen molar-refractivity contribution >= 4 is 33.2 Å². The van der Waals surface area contributed by atoms with Crippen LogP contribution in [0.25, 0.3) is 0 Å². The quantitative estimate of drug-likeness (QED) is 0.820. The number of anilines is 1. The van der Waals surface area contributed by atoms with Crippen LogP contribution in [0.3, 0.4) is 0 Å². The van der Waals surface area contributed by atoms with E-state index in [1.807, 2.05) is 0 Å². The van der Waals surface area contributed by atoms with Gasteiger partial charge in [0.25, 0.3) is 0 Å². The zero-order chi connectivity index (χ0) is 19.4. The number of benzene rings is 2. The molecule has 1 aliphatic heterocycles. The van der Waals surface area contributed by atoms with Gasteiger partial charge in [0.2, 0.25) is 15.9 Å². The number of carbonyl (C=O) groups excluding carboxylic acids is 1. The van der Waals surface area contributed by atoms with Gasteiger partial charge in [-0.05, 0) is 30.3 Å². The number of amides is 1. The SMILES string of the molecule is O=C(CNc1ccc(F)c(Cl)c1)N1CCN(S(=O)(=O)c2ccccc2)CC1. The van der Waals surface area contributed by atoms with Gasteiger partial charge in [-0.15, -0.1) is 0 Å². The van der Waals surface area contributed by atoms with Gasteiger partial charge in [0.05, 0.1) is 16.5 Å². The minimum atomic E-state index is -3.55. The maximum atomic E-state index is 13.2. The van der Waals surface area contributed by atoms with Crippen LogP contribution in [-0.2, 0) is 14.8 Å². The van der Waals surface area contributed by atoms with E-state index in [1.165, 1.54) is 22.5 Å². The molecule has 0 saturated carbocycles. The zero-order valence-electron chi connectivity index (χ0n) is 14.4. The Kier molecular flexibility index (Phi) is 5.98. The lowest BCUT2D eigenvalue weighted by Crippen LogP contribution is -2.51. The molecule has 27 heavy (non-hydrogen) atoms. The number of nitrogens with zero attached hydrogens (tertiary/aromatic N) is 2. The average Bonchev–Trinajstić information content (AvgIpc) is 2.69. The monoisotopic (exact) mass is 411 g/mol. The molecular weight excluding hydrogens is 393 g/mol. The fraction of sp³-hybridized carbons (Fsp3) is 0.278. The minimum Gasteiger partial charge on any atom is -0.376 e. The van der Waals surface area contributed by atoms with Crippen LogP contribution in [0.1, 0.15) is 0 Å². The predicted octanol–water partition coefficient (Wildman–Crippen LogP) is 2.42. The normalized spacial score (nSPS) is 15.6. The second-order valence-electron chi connectivity index (χ2n) is 6.08. The molecule has 3 rings (SSSR count). The number of hydrogen-bond acceptors (Lipinski definition) is 4. The number of hydrogen-bond donors (Lipinski definition) is 1. The lowest BCUT2D eigenvalue weighted by molar-refractivity contribution is -0.130. The van der Waals surface area contributed by atoms with Crippen molar-refractivity contribution in [1.29, 1.82) is 0 Å². The predicted molar refractivity (Wildman–Crippen MR) is 102 cm³/mol. The van der Waals surface area contributed by atoms with Crippen LogP contribution in [0, 0.1) is 5.82 Å². The maximum absolute atomic E-state index is 13.2. The molecule has 0 bridgehead atoms. The molecular formula is C18H19ClFN3O3S. The Morgan fingerprint density at radius 2 is 1.74 bits per heavy atom. The molecule has 144 valence electrons. The Bertz CT molecular complexity index is 917. The third-order valence-electron chi connectivity index (χ3n) is 4.34. The summed E-state index contributed by atoms with van der Waals surface area (Å²) in [6.07, 6.45) is 0. The first-order chi connectivity index (χ1) is 12.9. The molecule has 1 heterocycles. The van der Waals surface area contributed by atoms with Gasteiger partial charge in [-0.1, -0.05) is 29.8 Å². The van der Waals surface area contributed by atoms with Crippen molar-refractivity contribution in [3.63, 3.8) is 0 Å². The summed E-state index contributed by atoms with van der Waals surface area (Å²) in [6.45, 7) is 1.14. The molecule has 0 aliphatic carbocycles. The summed E-state index contributed by atoms with van der Waals surface area (Å²) in [5.41, 5.74) is 0.542. The van der Waals surface area contributed by atoms with Crippen LogP contribution < -0.4 is 5.32 Å². The van der Waals surface area contributed by atoms with Gasteiger partial charge in [-0.25, -0.2) is 12.8 Å².